The van der Waals surface area contributed by atoms with Crippen molar-refractivity contribution >= 4 is 35.1 Å². The van der Waals surface area contributed by atoms with Gasteiger partial charge in [0.15, 0.2) is 0 Å². The molecule has 9 nitrogen and oxygen atoms in total. The van der Waals surface area contributed by atoms with Crippen molar-refractivity contribution in [2.45, 2.75) is 84.0 Å². The van der Waals surface area contributed by atoms with Gasteiger partial charge in [-0.05, 0) is 101 Å². The number of nitrogens with one attached hydrogen (secondary N) is 3. The Morgan fingerprint density at radius 1 is 1.13 bits per heavy atom. The van der Waals surface area contributed by atoms with Crippen molar-refractivity contribution in [3.8, 4) is 0 Å². The minimum absolute atomic E-state index is 0.0128. The predicted molar refractivity (Wildman–Crippen MR) is 167 cm³/mol. The number of piperidine rings is 1. The summed E-state index contributed by atoms with van der Waals surface area (Å²) in [6.07, 6.45) is -2.60. The van der Waals surface area contributed by atoms with E-state index in [1.165, 1.54) is 0 Å². The number of benzene rings is 2. The second kappa shape index (κ2) is 11.9. The maximum absolute atomic E-state index is 13.9. The van der Waals surface area contributed by atoms with Gasteiger partial charge < -0.3 is 25.6 Å². The lowest BCUT2D eigenvalue weighted by molar-refractivity contribution is -0.137. The topological polar surface area (TPSA) is 108 Å². The minimum Gasteiger partial charge on any atom is -0.444 e. The lowest BCUT2D eigenvalue weighted by atomic mass is 9.83. The molecule has 3 N–H and O–H groups in total. The van der Waals surface area contributed by atoms with Gasteiger partial charge in [0, 0.05) is 37.2 Å². The van der Waals surface area contributed by atoms with E-state index in [9.17, 15) is 22.8 Å². The summed E-state index contributed by atoms with van der Waals surface area (Å²) in [6, 6.07) is 11.1. The van der Waals surface area contributed by atoms with Crippen LogP contribution in [0.5, 0.6) is 0 Å². The molecule has 2 amide bonds. The van der Waals surface area contributed by atoms with Crippen LogP contribution >= 0.6 is 0 Å². The number of nitrogens with zero attached hydrogens (tertiary/aromatic N) is 3. The Morgan fingerprint density at radius 3 is 2.49 bits per heavy atom. The number of carbonyl (C=O) groups excluding carboxylic acids is 2. The van der Waals surface area contributed by atoms with Crippen molar-refractivity contribution in [3.05, 3.63) is 70.4 Å². The van der Waals surface area contributed by atoms with E-state index in [1.807, 2.05) is 45.9 Å². The van der Waals surface area contributed by atoms with Gasteiger partial charge in [-0.2, -0.15) is 18.2 Å². The molecule has 0 spiro atoms. The summed E-state index contributed by atoms with van der Waals surface area (Å²) in [4.78, 5) is 34.8. The normalized spacial score (nSPS) is 16.6. The second-order valence-electron chi connectivity index (χ2n) is 13.2. The van der Waals surface area contributed by atoms with E-state index in [0.29, 0.717) is 30.0 Å². The van der Waals surface area contributed by atoms with E-state index >= 15 is 0 Å². The van der Waals surface area contributed by atoms with E-state index in [4.69, 9.17) is 4.74 Å². The Morgan fingerprint density at radius 2 is 1.84 bits per heavy atom. The van der Waals surface area contributed by atoms with Crippen LogP contribution in [-0.4, -0.2) is 45.6 Å². The fourth-order valence-corrected chi connectivity index (χ4v) is 5.99. The molecule has 0 bridgehead atoms. The number of aromatic nitrogens is 2. The second-order valence-corrected chi connectivity index (χ2v) is 13.2. The number of hydrogen-bond donors (Lipinski definition) is 3. The van der Waals surface area contributed by atoms with E-state index < -0.39 is 22.8 Å². The third-order valence-corrected chi connectivity index (χ3v) is 8.24. The average molecular weight is 625 g/mol. The molecule has 0 unspecified atom stereocenters. The molecular formula is C33H39F3N6O3. The number of carbonyl (C=O) groups is 2. The Hall–Kier alpha value is -4.35. The van der Waals surface area contributed by atoms with Crippen molar-refractivity contribution in [1.29, 1.82) is 0 Å². The fourth-order valence-electron chi connectivity index (χ4n) is 5.99. The summed E-state index contributed by atoms with van der Waals surface area (Å²) in [5.74, 6) is -0.246. The Labute approximate surface area is 261 Å². The van der Waals surface area contributed by atoms with Gasteiger partial charge >= 0.3 is 12.3 Å². The lowest BCUT2D eigenvalue weighted by Gasteiger charge is -2.34. The van der Waals surface area contributed by atoms with Crippen molar-refractivity contribution < 1.29 is 27.5 Å². The Balaban J connectivity index is 1.29. The number of likely N-dealkylation sites (tertiary alicyclic amines) is 1. The van der Waals surface area contributed by atoms with E-state index in [-0.39, 0.29) is 36.2 Å². The maximum atomic E-state index is 13.9. The molecule has 0 saturated carbocycles. The molecule has 2 aliphatic heterocycles. The predicted octanol–water partition coefficient (Wildman–Crippen LogP) is 7.50. The Bertz CT molecular complexity index is 1610. The van der Waals surface area contributed by atoms with Crippen LogP contribution in [0.2, 0.25) is 0 Å². The molecule has 2 aromatic carbocycles. The minimum atomic E-state index is -4.67. The summed E-state index contributed by atoms with van der Waals surface area (Å²) in [7, 11) is 0. The van der Waals surface area contributed by atoms with Gasteiger partial charge in [0.25, 0.3) is 0 Å². The van der Waals surface area contributed by atoms with E-state index in [2.05, 4.69) is 25.9 Å². The SMILES string of the molecule is Cc1cc(Nc2ncc(C(F)(F)F)c(NCc3cccc4c3C(C)(C)C(=O)N4)n2)ccc1C1CCN(C(=O)OC(C)(C)C)CC1. The standard InChI is InChI=1S/C33H39F3N6O3/c1-19-16-22(10-11-23(19)20-12-14-42(15-13-20)30(44)45-31(2,3)4)39-29-38-18-24(33(34,35)36)27(41-29)37-17-21-8-7-9-25-26(21)32(5,6)28(43)40-25/h7-11,16,18,20H,12-15,17H2,1-6H3,(H,40,43)(H2,37,38,39,41). The van der Waals surface area contributed by atoms with Crippen LogP contribution in [0.1, 0.15) is 81.2 Å². The molecule has 1 saturated heterocycles. The van der Waals surface area contributed by atoms with Crippen LogP contribution in [0.25, 0.3) is 0 Å². The van der Waals surface area contributed by atoms with Crippen LogP contribution in [0.4, 0.5) is 41.1 Å². The maximum Gasteiger partial charge on any atom is 0.421 e. The van der Waals surface area contributed by atoms with E-state index in [1.54, 1.807) is 36.9 Å². The molecule has 45 heavy (non-hydrogen) atoms. The van der Waals surface area contributed by atoms with Crippen LogP contribution in [0.3, 0.4) is 0 Å². The highest BCUT2D eigenvalue weighted by atomic mass is 19.4. The third-order valence-electron chi connectivity index (χ3n) is 8.24. The quantitative estimate of drug-likeness (QED) is 0.261. The number of anilines is 4. The number of rotatable bonds is 6. The van der Waals surface area contributed by atoms with Crippen LogP contribution in [-0.2, 0) is 27.7 Å². The summed E-state index contributed by atoms with van der Waals surface area (Å²) in [5.41, 5.74) is 2.56. The third kappa shape index (κ3) is 6.99. The molecule has 0 aliphatic carbocycles. The first-order chi connectivity index (χ1) is 21.0. The summed E-state index contributed by atoms with van der Waals surface area (Å²) in [5, 5.41) is 8.73. The highest BCUT2D eigenvalue weighted by Crippen LogP contribution is 2.40. The molecule has 3 aromatic rings. The van der Waals surface area contributed by atoms with E-state index in [0.717, 1.165) is 35.7 Å². The highest BCUT2D eigenvalue weighted by Gasteiger charge is 2.40. The number of hydrogen-bond acceptors (Lipinski definition) is 7. The monoisotopic (exact) mass is 624 g/mol. The van der Waals surface area contributed by atoms with Crippen LogP contribution < -0.4 is 16.0 Å². The first-order valence-electron chi connectivity index (χ1n) is 15.0. The number of aryl methyl sites for hydroxylation is 1. The molecule has 0 atom stereocenters. The smallest absolute Gasteiger partial charge is 0.421 e. The average Bonchev–Trinajstić information content (AvgIpc) is 3.18. The zero-order valence-electron chi connectivity index (χ0n) is 26.4. The molecule has 1 fully saturated rings. The number of alkyl halides is 3. The lowest BCUT2D eigenvalue weighted by Crippen LogP contribution is -2.41. The van der Waals surface area contributed by atoms with Gasteiger partial charge in [-0.15, -0.1) is 0 Å². The number of fused-ring (bicyclic) bond motifs is 1. The van der Waals surface area contributed by atoms with Crippen LogP contribution in [0, 0.1) is 6.92 Å². The van der Waals surface area contributed by atoms with Gasteiger partial charge in [0.2, 0.25) is 11.9 Å². The Kier molecular flexibility index (Phi) is 8.45. The zero-order chi connectivity index (χ0) is 32.7. The van der Waals surface area contributed by atoms with Gasteiger partial charge in [0.05, 0.1) is 5.41 Å². The molecule has 3 heterocycles. The van der Waals surface area contributed by atoms with Gasteiger partial charge in [-0.25, -0.2) is 9.78 Å². The zero-order valence-corrected chi connectivity index (χ0v) is 26.4. The fraction of sp³-hybridized carbons (Fsp3) is 0.455. The van der Waals surface area contributed by atoms with Gasteiger partial charge in [-0.1, -0.05) is 18.2 Å². The summed E-state index contributed by atoms with van der Waals surface area (Å²) >= 11 is 0. The first-order valence-corrected chi connectivity index (χ1v) is 15.0. The van der Waals surface area contributed by atoms with Crippen molar-refractivity contribution in [3.63, 3.8) is 0 Å². The number of halogens is 3. The van der Waals surface area contributed by atoms with Crippen molar-refractivity contribution in [2.24, 2.45) is 0 Å². The number of amides is 2. The highest BCUT2D eigenvalue weighted by molar-refractivity contribution is 6.06. The summed E-state index contributed by atoms with van der Waals surface area (Å²) in [6.45, 7) is 12.3. The molecular weight excluding hydrogens is 585 g/mol. The molecule has 5 rings (SSSR count). The first kappa shape index (κ1) is 32.1. The largest absolute Gasteiger partial charge is 0.444 e. The molecule has 1 aromatic heterocycles. The molecule has 0 radical (unpaired) electrons. The molecule has 2 aliphatic rings. The van der Waals surface area contributed by atoms with Crippen molar-refractivity contribution in [2.75, 3.05) is 29.0 Å². The number of ether oxygens (including phenoxy) is 1. The van der Waals surface area contributed by atoms with Gasteiger partial charge in [0.1, 0.15) is 17.0 Å². The molecule has 240 valence electrons. The summed E-state index contributed by atoms with van der Waals surface area (Å²) < 4.78 is 47.3. The van der Waals surface area contributed by atoms with Crippen LogP contribution in [0.15, 0.2) is 42.6 Å². The molecule has 12 heteroatoms. The van der Waals surface area contributed by atoms with Gasteiger partial charge in [-0.3, -0.25) is 4.79 Å². The van der Waals surface area contributed by atoms with Crippen molar-refractivity contribution in [1.82, 2.24) is 14.9 Å².